The molecule has 2 rings (SSSR count). The Morgan fingerprint density at radius 1 is 1.14 bits per heavy atom. The molecule has 0 bridgehead atoms. The van der Waals surface area contributed by atoms with Crippen molar-refractivity contribution in [3.05, 3.63) is 0 Å². The third-order valence-electron chi connectivity index (χ3n) is 5.21. The van der Waals surface area contributed by atoms with Gasteiger partial charge in [-0.15, -0.1) is 12.4 Å². The maximum Gasteiger partial charge on any atom is 0.323 e. The average Bonchev–Trinajstić information content (AvgIpc) is 2.65. The standard InChI is InChI=1S/C17H28N6O5.ClH/c18-17(19)21-7-11-1-3-12(4-2-11)16(28)20-8-13(24)22-5-6-23(10-15(26)27)14(25)9-22;/h11-12H,1-10H2,(H,20,28)(H,26,27)(H4,18,19,21);1H. The molecule has 0 aromatic heterocycles. The highest BCUT2D eigenvalue weighted by Gasteiger charge is 2.30. The number of halogens is 1. The normalized spacial score (nSPS) is 21.7. The van der Waals surface area contributed by atoms with E-state index in [2.05, 4.69) is 10.6 Å². The summed E-state index contributed by atoms with van der Waals surface area (Å²) in [6, 6.07) is 0. The number of hydrogen-bond acceptors (Lipinski definition) is 5. The first-order valence-electron chi connectivity index (χ1n) is 9.39. The monoisotopic (exact) mass is 432 g/mol. The van der Waals surface area contributed by atoms with Gasteiger partial charge in [0.1, 0.15) is 6.54 Å². The van der Waals surface area contributed by atoms with Crippen molar-refractivity contribution in [2.24, 2.45) is 17.6 Å². The van der Waals surface area contributed by atoms with Crippen LogP contribution in [0, 0.1) is 17.2 Å². The summed E-state index contributed by atoms with van der Waals surface area (Å²) in [5.74, 6) is -1.84. The van der Waals surface area contributed by atoms with Crippen LogP contribution in [-0.4, -0.2) is 83.8 Å². The fourth-order valence-corrected chi connectivity index (χ4v) is 3.55. The minimum Gasteiger partial charge on any atom is -0.480 e. The highest BCUT2D eigenvalue weighted by molar-refractivity contribution is 5.90. The smallest absolute Gasteiger partial charge is 0.323 e. The zero-order valence-corrected chi connectivity index (χ0v) is 17.0. The maximum absolute atomic E-state index is 12.3. The second-order valence-electron chi connectivity index (χ2n) is 7.25. The number of nitrogens with two attached hydrogens (primary N) is 1. The maximum atomic E-state index is 12.3. The number of piperazine rings is 1. The number of carboxylic acids is 1. The number of rotatable bonds is 7. The van der Waals surface area contributed by atoms with E-state index in [1.165, 1.54) is 9.80 Å². The molecule has 0 unspecified atom stereocenters. The summed E-state index contributed by atoms with van der Waals surface area (Å²) in [4.78, 5) is 49.7. The first kappa shape index (κ1) is 24.5. The molecule has 11 nitrogen and oxygen atoms in total. The summed E-state index contributed by atoms with van der Waals surface area (Å²) < 4.78 is 0. The van der Waals surface area contributed by atoms with E-state index < -0.39 is 11.9 Å². The van der Waals surface area contributed by atoms with Crippen LogP contribution >= 0.6 is 12.4 Å². The van der Waals surface area contributed by atoms with Crippen LogP contribution in [0.1, 0.15) is 25.7 Å². The lowest BCUT2D eigenvalue weighted by atomic mass is 9.81. The SMILES string of the molecule is Cl.N=C(N)NCC1CCC(C(=O)NCC(=O)N2CCN(CC(=O)O)C(=O)C2)CC1. The molecule has 29 heavy (non-hydrogen) atoms. The van der Waals surface area contributed by atoms with Gasteiger partial charge in [-0.3, -0.25) is 24.6 Å². The summed E-state index contributed by atoms with van der Waals surface area (Å²) in [5, 5.41) is 21.4. The number of carbonyl (C=O) groups excluding carboxylic acids is 3. The van der Waals surface area contributed by atoms with Gasteiger partial charge in [-0.05, 0) is 31.6 Å². The summed E-state index contributed by atoms with van der Waals surface area (Å²) in [5.41, 5.74) is 5.27. The van der Waals surface area contributed by atoms with Crippen molar-refractivity contribution in [2.75, 3.05) is 39.3 Å². The second kappa shape index (κ2) is 11.4. The van der Waals surface area contributed by atoms with Crippen LogP contribution in [0.3, 0.4) is 0 Å². The molecular formula is C17H29ClN6O5. The number of amides is 3. The van der Waals surface area contributed by atoms with Crippen molar-refractivity contribution in [3.63, 3.8) is 0 Å². The van der Waals surface area contributed by atoms with Gasteiger partial charge in [0.05, 0.1) is 13.1 Å². The molecule has 1 heterocycles. The van der Waals surface area contributed by atoms with Crippen LogP contribution in [0.15, 0.2) is 0 Å². The van der Waals surface area contributed by atoms with E-state index in [1.807, 2.05) is 0 Å². The van der Waals surface area contributed by atoms with Gasteiger partial charge in [-0.1, -0.05) is 0 Å². The summed E-state index contributed by atoms with van der Waals surface area (Å²) >= 11 is 0. The van der Waals surface area contributed by atoms with Crippen molar-refractivity contribution in [1.29, 1.82) is 5.41 Å². The lowest BCUT2D eigenvalue weighted by Gasteiger charge is -2.33. The van der Waals surface area contributed by atoms with Crippen molar-refractivity contribution < 1.29 is 24.3 Å². The van der Waals surface area contributed by atoms with Gasteiger partial charge < -0.3 is 31.3 Å². The van der Waals surface area contributed by atoms with Crippen LogP contribution in [0.5, 0.6) is 0 Å². The van der Waals surface area contributed by atoms with Crippen LogP contribution in [0.4, 0.5) is 0 Å². The Labute approximate surface area is 175 Å². The van der Waals surface area contributed by atoms with Gasteiger partial charge in [0, 0.05) is 25.6 Å². The highest BCUT2D eigenvalue weighted by Crippen LogP contribution is 2.28. The Hall–Kier alpha value is -2.56. The third kappa shape index (κ3) is 7.76. The van der Waals surface area contributed by atoms with Gasteiger partial charge in [-0.25, -0.2) is 0 Å². The number of nitrogens with zero attached hydrogens (tertiary/aromatic N) is 2. The zero-order chi connectivity index (χ0) is 20.7. The van der Waals surface area contributed by atoms with Crippen LogP contribution < -0.4 is 16.4 Å². The molecular weight excluding hydrogens is 404 g/mol. The highest BCUT2D eigenvalue weighted by atomic mass is 35.5. The fraction of sp³-hybridized carbons (Fsp3) is 0.706. The van der Waals surface area contributed by atoms with Crippen molar-refractivity contribution in [1.82, 2.24) is 20.4 Å². The average molecular weight is 433 g/mol. The summed E-state index contributed by atoms with van der Waals surface area (Å²) in [6.45, 7) is 0.338. The van der Waals surface area contributed by atoms with E-state index >= 15 is 0 Å². The first-order chi connectivity index (χ1) is 13.3. The van der Waals surface area contributed by atoms with Crippen molar-refractivity contribution >= 4 is 42.1 Å². The number of guanidine groups is 1. The Balaban J connectivity index is 0.00000420. The molecule has 2 aliphatic rings. The molecule has 12 heteroatoms. The Kier molecular flexibility index (Phi) is 9.66. The van der Waals surface area contributed by atoms with Gasteiger partial charge in [0.25, 0.3) is 0 Å². The van der Waals surface area contributed by atoms with E-state index in [9.17, 15) is 19.2 Å². The lowest BCUT2D eigenvalue weighted by Crippen LogP contribution is -2.55. The predicted molar refractivity (Wildman–Crippen MR) is 106 cm³/mol. The van der Waals surface area contributed by atoms with Crippen LogP contribution in [-0.2, 0) is 19.2 Å². The van der Waals surface area contributed by atoms with Crippen molar-refractivity contribution in [3.8, 4) is 0 Å². The quantitative estimate of drug-likeness (QED) is 0.242. The molecule has 1 aliphatic carbocycles. The minimum atomic E-state index is -1.09. The molecule has 2 fully saturated rings. The number of aliphatic carboxylic acids is 1. The largest absolute Gasteiger partial charge is 0.480 e. The minimum absolute atomic E-state index is 0. The van der Waals surface area contributed by atoms with E-state index in [1.54, 1.807) is 0 Å². The molecule has 3 amide bonds. The Bertz CT molecular complexity index is 638. The molecule has 0 radical (unpaired) electrons. The lowest BCUT2D eigenvalue weighted by molar-refractivity contribution is -0.150. The molecule has 1 saturated heterocycles. The molecule has 1 saturated carbocycles. The number of carboxylic acid groups (broad SMARTS) is 1. The molecule has 0 spiro atoms. The van der Waals surface area contributed by atoms with Gasteiger partial charge in [0.2, 0.25) is 17.7 Å². The number of hydrogen-bond donors (Lipinski definition) is 5. The molecule has 0 aromatic rings. The van der Waals surface area contributed by atoms with E-state index in [0.717, 1.165) is 25.7 Å². The Morgan fingerprint density at radius 2 is 1.79 bits per heavy atom. The molecule has 0 aromatic carbocycles. The van der Waals surface area contributed by atoms with E-state index in [-0.39, 0.29) is 68.8 Å². The summed E-state index contributed by atoms with van der Waals surface area (Å²) in [7, 11) is 0. The van der Waals surface area contributed by atoms with Gasteiger partial charge in [-0.2, -0.15) is 0 Å². The zero-order valence-electron chi connectivity index (χ0n) is 16.2. The van der Waals surface area contributed by atoms with Gasteiger partial charge in [0.15, 0.2) is 5.96 Å². The van der Waals surface area contributed by atoms with Gasteiger partial charge >= 0.3 is 5.97 Å². The number of nitrogens with one attached hydrogen (secondary N) is 3. The van der Waals surface area contributed by atoms with Crippen molar-refractivity contribution in [2.45, 2.75) is 25.7 Å². The van der Waals surface area contributed by atoms with E-state index in [0.29, 0.717) is 12.5 Å². The van der Waals surface area contributed by atoms with Crippen LogP contribution in [0.25, 0.3) is 0 Å². The predicted octanol–water partition coefficient (Wildman–Crippen LogP) is -1.43. The third-order valence-corrected chi connectivity index (χ3v) is 5.21. The molecule has 0 atom stereocenters. The molecule has 6 N–H and O–H groups in total. The Morgan fingerprint density at radius 3 is 2.34 bits per heavy atom. The first-order valence-corrected chi connectivity index (χ1v) is 9.39. The molecule has 164 valence electrons. The molecule has 1 aliphatic heterocycles. The van der Waals surface area contributed by atoms with Crippen LogP contribution in [0.2, 0.25) is 0 Å². The fourth-order valence-electron chi connectivity index (χ4n) is 3.55. The number of carbonyl (C=O) groups is 4. The topological polar surface area (TPSA) is 169 Å². The van der Waals surface area contributed by atoms with E-state index in [4.69, 9.17) is 16.2 Å². The summed E-state index contributed by atoms with van der Waals surface area (Å²) in [6.07, 6.45) is 3.14. The second-order valence-corrected chi connectivity index (χ2v) is 7.25.